The Bertz CT molecular complexity index is 509. The van der Waals surface area contributed by atoms with E-state index in [1.807, 2.05) is 39.0 Å². The molecule has 4 nitrogen and oxygen atoms in total. The van der Waals surface area contributed by atoms with Gasteiger partial charge in [0.2, 0.25) is 0 Å². The third kappa shape index (κ3) is 8.12. The van der Waals surface area contributed by atoms with Gasteiger partial charge in [-0.15, -0.1) is 0 Å². The maximum Gasteiger partial charge on any atom is 0.407 e. The molecule has 1 amide bonds. The second-order valence-electron chi connectivity index (χ2n) is 6.82. The van der Waals surface area contributed by atoms with E-state index < -0.39 is 5.60 Å². The summed E-state index contributed by atoms with van der Waals surface area (Å²) in [6, 6.07) is 5.81. The minimum absolute atomic E-state index is 0.380. The molecular weight excluding hydrogens is 314 g/mol. The first-order valence-electron chi connectivity index (χ1n) is 8.08. The monoisotopic (exact) mass is 341 g/mol. The van der Waals surface area contributed by atoms with Gasteiger partial charge < -0.3 is 14.8 Å². The number of hydrogen-bond donors (Lipinski definition) is 1. The van der Waals surface area contributed by atoms with Crippen LogP contribution in [-0.2, 0) is 4.74 Å². The van der Waals surface area contributed by atoms with Crippen LogP contribution in [0, 0.1) is 0 Å². The first-order chi connectivity index (χ1) is 10.7. The minimum atomic E-state index is -0.464. The number of nitrogens with one attached hydrogen (secondary N) is 1. The molecule has 0 bridgehead atoms. The Morgan fingerprint density at radius 3 is 2.52 bits per heavy atom. The molecule has 0 saturated heterocycles. The molecule has 1 N–H and O–H groups in total. The van der Waals surface area contributed by atoms with Crippen LogP contribution in [0.1, 0.15) is 58.9 Å². The van der Waals surface area contributed by atoms with Crippen molar-refractivity contribution < 1.29 is 14.3 Å². The second kappa shape index (κ2) is 9.02. The van der Waals surface area contributed by atoms with Gasteiger partial charge in [-0.25, -0.2) is 4.79 Å². The van der Waals surface area contributed by atoms with Crippen molar-refractivity contribution >= 4 is 17.7 Å². The van der Waals surface area contributed by atoms with E-state index >= 15 is 0 Å². The van der Waals surface area contributed by atoms with E-state index in [9.17, 15) is 4.79 Å². The van der Waals surface area contributed by atoms with Crippen molar-refractivity contribution in [2.45, 2.75) is 59.0 Å². The standard InChI is InChI=1S/C18H28ClNO3/c1-13(2)15-9-8-14(12-16(15)19)22-11-7-6-10-20-17(21)23-18(3,4)5/h8-9,12-13H,6-7,10-11H2,1-5H3,(H,20,21). The zero-order valence-corrected chi connectivity index (χ0v) is 15.5. The number of hydrogen-bond acceptors (Lipinski definition) is 3. The summed E-state index contributed by atoms with van der Waals surface area (Å²) in [6.45, 7) is 10.9. The first-order valence-corrected chi connectivity index (χ1v) is 8.46. The molecule has 5 heteroatoms. The van der Waals surface area contributed by atoms with Crippen molar-refractivity contribution in [3.63, 3.8) is 0 Å². The fourth-order valence-electron chi connectivity index (χ4n) is 1.99. The molecule has 0 aliphatic heterocycles. The Morgan fingerprint density at radius 2 is 1.96 bits per heavy atom. The van der Waals surface area contributed by atoms with E-state index in [0.29, 0.717) is 19.1 Å². The van der Waals surface area contributed by atoms with Gasteiger partial charge in [0.25, 0.3) is 0 Å². The zero-order valence-electron chi connectivity index (χ0n) is 14.7. The van der Waals surface area contributed by atoms with Crippen LogP contribution in [-0.4, -0.2) is 24.8 Å². The molecular formula is C18H28ClNO3. The van der Waals surface area contributed by atoms with E-state index in [4.69, 9.17) is 21.1 Å². The van der Waals surface area contributed by atoms with Crippen molar-refractivity contribution in [3.8, 4) is 5.75 Å². The van der Waals surface area contributed by atoms with Crippen molar-refractivity contribution in [2.75, 3.05) is 13.2 Å². The van der Waals surface area contributed by atoms with E-state index in [0.717, 1.165) is 29.2 Å². The SMILES string of the molecule is CC(C)c1ccc(OCCCCNC(=O)OC(C)(C)C)cc1Cl. The highest BCUT2D eigenvalue weighted by molar-refractivity contribution is 6.31. The van der Waals surface area contributed by atoms with Crippen molar-refractivity contribution in [1.29, 1.82) is 0 Å². The van der Waals surface area contributed by atoms with Crippen LogP contribution >= 0.6 is 11.6 Å². The van der Waals surface area contributed by atoms with Gasteiger partial charge in [-0.2, -0.15) is 0 Å². The Hall–Kier alpha value is -1.42. The van der Waals surface area contributed by atoms with E-state index in [1.165, 1.54) is 0 Å². The summed E-state index contributed by atoms with van der Waals surface area (Å²) in [7, 11) is 0. The lowest BCUT2D eigenvalue weighted by Crippen LogP contribution is -2.33. The van der Waals surface area contributed by atoms with Crippen LogP contribution < -0.4 is 10.1 Å². The van der Waals surface area contributed by atoms with E-state index in [1.54, 1.807) is 0 Å². The van der Waals surface area contributed by atoms with Crippen LogP contribution in [0.4, 0.5) is 4.79 Å². The summed E-state index contributed by atoms with van der Waals surface area (Å²) in [4.78, 5) is 11.5. The van der Waals surface area contributed by atoms with Gasteiger partial charge in [0, 0.05) is 11.6 Å². The number of ether oxygens (including phenoxy) is 2. The Balaban J connectivity index is 2.21. The molecule has 0 radical (unpaired) electrons. The van der Waals surface area contributed by atoms with E-state index in [-0.39, 0.29) is 6.09 Å². The summed E-state index contributed by atoms with van der Waals surface area (Å²) >= 11 is 6.23. The summed E-state index contributed by atoms with van der Waals surface area (Å²) in [6.07, 6.45) is 1.30. The first kappa shape index (κ1) is 19.6. The summed E-state index contributed by atoms with van der Waals surface area (Å²) in [5.41, 5.74) is 0.662. The number of halogens is 1. The predicted octanol–water partition coefficient (Wildman–Crippen LogP) is 5.15. The van der Waals surface area contributed by atoms with Crippen LogP contribution in [0.5, 0.6) is 5.75 Å². The number of rotatable bonds is 7. The predicted molar refractivity (Wildman–Crippen MR) is 94.5 cm³/mol. The fraction of sp³-hybridized carbons (Fsp3) is 0.611. The molecule has 1 aromatic rings. The topological polar surface area (TPSA) is 47.6 Å². The maximum atomic E-state index is 11.5. The molecule has 0 aromatic heterocycles. The number of unbranched alkanes of at least 4 members (excludes halogenated alkanes) is 1. The molecule has 0 saturated carbocycles. The van der Waals surface area contributed by atoms with Gasteiger partial charge in [-0.1, -0.05) is 31.5 Å². The molecule has 1 aromatic carbocycles. The van der Waals surface area contributed by atoms with Gasteiger partial charge in [-0.3, -0.25) is 0 Å². The van der Waals surface area contributed by atoms with Gasteiger partial charge in [0.1, 0.15) is 11.4 Å². The molecule has 0 atom stereocenters. The number of carbonyl (C=O) groups is 1. The number of amides is 1. The Morgan fingerprint density at radius 1 is 1.26 bits per heavy atom. The number of carbonyl (C=O) groups excluding carboxylic acids is 1. The summed E-state index contributed by atoms with van der Waals surface area (Å²) in [5.74, 6) is 1.18. The molecule has 130 valence electrons. The van der Waals surface area contributed by atoms with E-state index in [2.05, 4.69) is 19.2 Å². The second-order valence-corrected chi connectivity index (χ2v) is 7.23. The smallest absolute Gasteiger partial charge is 0.407 e. The lowest BCUT2D eigenvalue weighted by atomic mass is 10.0. The number of alkyl carbamates (subject to hydrolysis) is 1. The normalized spacial score (nSPS) is 11.4. The molecule has 1 rings (SSSR count). The summed E-state index contributed by atoms with van der Waals surface area (Å²) in [5, 5.41) is 3.47. The highest BCUT2D eigenvalue weighted by Crippen LogP contribution is 2.28. The molecule has 0 fully saturated rings. The third-order valence-electron chi connectivity index (χ3n) is 3.10. The zero-order chi connectivity index (χ0) is 17.5. The Kier molecular flexibility index (Phi) is 7.69. The summed E-state index contributed by atoms with van der Waals surface area (Å²) < 4.78 is 10.8. The molecule has 0 unspecified atom stereocenters. The highest BCUT2D eigenvalue weighted by Gasteiger charge is 2.15. The highest BCUT2D eigenvalue weighted by atomic mass is 35.5. The average Bonchev–Trinajstić information content (AvgIpc) is 2.40. The van der Waals surface area contributed by atoms with Gasteiger partial charge in [0.15, 0.2) is 0 Å². The van der Waals surface area contributed by atoms with Gasteiger partial charge in [0.05, 0.1) is 6.61 Å². The van der Waals surface area contributed by atoms with Crippen LogP contribution in [0.3, 0.4) is 0 Å². The maximum absolute atomic E-state index is 11.5. The molecule has 0 spiro atoms. The quantitative estimate of drug-likeness (QED) is 0.698. The molecule has 23 heavy (non-hydrogen) atoms. The van der Waals surface area contributed by atoms with Crippen molar-refractivity contribution in [2.24, 2.45) is 0 Å². The molecule has 0 heterocycles. The van der Waals surface area contributed by atoms with Crippen LogP contribution in [0.25, 0.3) is 0 Å². The number of benzene rings is 1. The lowest BCUT2D eigenvalue weighted by molar-refractivity contribution is 0.0526. The Labute approximate surface area is 144 Å². The third-order valence-corrected chi connectivity index (χ3v) is 3.43. The van der Waals surface area contributed by atoms with Gasteiger partial charge in [-0.05, 0) is 57.2 Å². The van der Waals surface area contributed by atoms with Crippen molar-refractivity contribution in [1.82, 2.24) is 5.32 Å². The molecule has 0 aliphatic rings. The minimum Gasteiger partial charge on any atom is -0.494 e. The van der Waals surface area contributed by atoms with Crippen LogP contribution in [0.15, 0.2) is 18.2 Å². The van der Waals surface area contributed by atoms with Crippen LogP contribution in [0.2, 0.25) is 5.02 Å². The average molecular weight is 342 g/mol. The molecule has 0 aliphatic carbocycles. The largest absolute Gasteiger partial charge is 0.494 e. The fourth-order valence-corrected chi connectivity index (χ4v) is 2.38. The lowest BCUT2D eigenvalue weighted by Gasteiger charge is -2.19. The van der Waals surface area contributed by atoms with Crippen molar-refractivity contribution in [3.05, 3.63) is 28.8 Å². The van der Waals surface area contributed by atoms with Gasteiger partial charge >= 0.3 is 6.09 Å².